The minimum Gasteiger partial charge on any atom is -0.456 e. The second-order valence-corrected chi connectivity index (χ2v) is 4.63. The zero-order chi connectivity index (χ0) is 13.8. The van der Waals surface area contributed by atoms with E-state index in [2.05, 4.69) is 6.07 Å². The summed E-state index contributed by atoms with van der Waals surface area (Å²) >= 11 is 6.15. The fourth-order valence-electron chi connectivity index (χ4n) is 1.64. The van der Waals surface area contributed by atoms with Gasteiger partial charge in [-0.25, -0.2) is 0 Å². The van der Waals surface area contributed by atoms with Crippen molar-refractivity contribution < 1.29 is 4.74 Å². The Morgan fingerprint density at radius 1 is 1.26 bits per heavy atom. The van der Waals surface area contributed by atoms with Crippen molar-refractivity contribution in [3.8, 4) is 17.6 Å². The summed E-state index contributed by atoms with van der Waals surface area (Å²) in [5.74, 6) is 1.12. The standard InChI is InChI=1S/C15H13ClN2O/c1-10(18)12-5-6-15(14(16)8-12)19-13-4-2-3-11(7-13)9-17/h2-8,10H,18H2,1H3. The van der Waals surface area contributed by atoms with Crippen molar-refractivity contribution in [1.29, 1.82) is 5.26 Å². The number of nitriles is 1. The largest absolute Gasteiger partial charge is 0.456 e. The smallest absolute Gasteiger partial charge is 0.146 e. The highest BCUT2D eigenvalue weighted by Crippen LogP contribution is 2.31. The summed E-state index contributed by atoms with van der Waals surface area (Å²) in [7, 11) is 0. The van der Waals surface area contributed by atoms with Gasteiger partial charge in [0.1, 0.15) is 11.5 Å². The van der Waals surface area contributed by atoms with Crippen molar-refractivity contribution in [3.63, 3.8) is 0 Å². The number of rotatable bonds is 3. The first-order valence-corrected chi connectivity index (χ1v) is 6.21. The van der Waals surface area contributed by atoms with Crippen molar-refractivity contribution in [1.82, 2.24) is 0 Å². The Morgan fingerprint density at radius 2 is 2.05 bits per heavy atom. The molecule has 0 aliphatic carbocycles. The molecule has 2 aromatic rings. The summed E-state index contributed by atoms with van der Waals surface area (Å²) in [5, 5.41) is 9.33. The van der Waals surface area contributed by atoms with Crippen LogP contribution in [0.3, 0.4) is 0 Å². The lowest BCUT2D eigenvalue weighted by Crippen LogP contribution is -2.04. The lowest BCUT2D eigenvalue weighted by Gasteiger charge is -2.11. The van der Waals surface area contributed by atoms with E-state index >= 15 is 0 Å². The van der Waals surface area contributed by atoms with Crippen LogP contribution < -0.4 is 10.5 Å². The molecule has 0 fully saturated rings. The summed E-state index contributed by atoms with van der Waals surface area (Å²) < 4.78 is 5.66. The van der Waals surface area contributed by atoms with Gasteiger partial charge in [0.05, 0.1) is 16.7 Å². The van der Waals surface area contributed by atoms with Gasteiger partial charge in [-0.1, -0.05) is 23.7 Å². The Bertz CT molecular complexity index is 632. The molecule has 1 atom stereocenters. The van der Waals surface area contributed by atoms with Gasteiger partial charge in [-0.15, -0.1) is 0 Å². The average molecular weight is 273 g/mol. The predicted molar refractivity (Wildman–Crippen MR) is 75.3 cm³/mol. The maximum Gasteiger partial charge on any atom is 0.146 e. The number of nitrogens with two attached hydrogens (primary N) is 1. The first kappa shape index (κ1) is 13.4. The second-order valence-electron chi connectivity index (χ2n) is 4.22. The fourth-order valence-corrected chi connectivity index (χ4v) is 1.87. The number of nitrogens with zero attached hydrogens (tertiary/aromatic N) is 1. The van der Waals surface area contributed by atoms with E-state index in [1.54, 1.807) is 36.4 Å². The first-order chi connectivity index (χ1) is 9.10. The number of hydrogen-bond acceptors (Lipinski definition) is 3. The molecular formula is C15H13ClN2O. The van der Waals surface area contributed by atoms with Crippen molar-refractivity contribution in [2.45, 2.75) is 13.0 Å². The van der Waals surface area contributed by atoms with Gasteiger partial charge in [-0.05, 0) is 42.8 Å². The van der Waals surface area contributed by atoms with Gasteiger partial charge in [0.15, 0.2) is 0 Å². The molecule has 0 heterocycles. The van der Waals surface area contributed by atoms with Crippen LogP contribution in [0.25, 0.3) is 0 Å². The Kier molecular flexibility index (Phi) is 4.06. The molecule has 0 saturated carbocycles. The highest BCUT2D eigenvalue weighted by atomic mass is 35.5. The van der Waals surface area contributed by atoms with Gasteiger partial charge < -0.3 is 10.5 Å². The van der Waals surface area contributed by atoms with Crippen LogP contribution in [0.5, 0.6) is 11.5 Å². The Balaban J connectivity index is 2.26. The molecule has 0 saturated heterocycles. The van der Waals surface area contributed by atoms with Crippen molar-refractivity contribution in [3.05, 3.63) is 58.6 Å². The predicted octanol–water partition coefficient (Wildman–Crippen LogP) is 4.02. The second kappa shape index (κ2) is 5.75. The Morgan fingerprint density at radius 3 is 2.68 bits per heavy atom. The van der Waals surface area contributed by atoms with Crippen LogP contribution in [0.1, 0.15) is 24.1 Å². The SMILES string of the molecule is CC(N)c1ccc(Oc2cccc(C#N)c2)c(Cl)c1. The van der Waals surface area contributed by atoms with E-state index in [4.69, 9.17) is 27.3 Å². The van der Waals surface area contributed by atoms with Crippen molar-refractivity contribution in [2.24, 2.45) is 5.73 Å². The topological polar surface area (TPSA) is 59.0 Å². The molecule has 0 bridgehead atoms. The van der Waals surface area contributed by atoms with Crippen molar-refractivity contribution >= 4 is 11.6 Å². The van der Waals surface area contributed by atoms with E-state index in [-0.39, 0.29) is 6.04 Å². The minimum atomic E-state index is -0.0755. The molecular weight excluding hydrogens is 260 g/mol. The van der Waals surface area contributed by atoms with Crippen molar-refractivity contribution in [2.75, 3.05) is 0 Å². The zero-order valence-electron chi connectivity index (χ0n) is 10.4. The molecule has 19 heavy (non-hydrogen) atoms. The van der Waals surface area contributed by atoms with Crippen LogP contribution in [-0.2, 0) is 0 Å². The molecule has 0 aromatic heterocycles. The van der Waals surface area contributed by atoms with E-state index in [1.165, 1.54) is 0 Å². The summed E-state index contributed by atoms with van der Waals surface area (Å²) in [4.78, 5) is 0. The van der Waals surface area contributed by atoms with Gasteiger partial charge in [-0.3, -0.25) is 0 Å². The highest BCUT2D eigenvalue weighted by molar-refractivity contribution is 6.32. The molecule has 3 nitrogen and oxygen atoms in total. The molecule has 4 heteroatoms. The van der Waals surface area contributed by atoms with E-state index in [0.29, 0.717) is 22.1 Å². The third-order valence-corrected chi connectivity index (χ3v) is 2.97. The van der Waals surface area contributed by atoms with Crippen LogP contribution in [-0.4, -0.2) is 0 Å². The normalized spacial score (nSPS) is 11.7. The third kappa shape index (κ3) is 3.25. The lowest BCUT2D eigenvalue weighted by atomic mass is 10.1. The Hall–Kier alpha value is -2.02. The lowest BCUT2D eigenvalue weighted by molar-refractivity contribution is 0.482. The molecule has 0 radical (unpaired) electrons. The first-order valence-electron chi connectivity index (χ1n) is 5.83. The summed E-state index contributed by atoms with van der Waals surface area (Å²) in [6.07, 6.45) is 0. The number of benzene rings is 2. The molecule has 1 unspecified atom stereocenters. The van der Waals surface area contributed by atoms with E-state index in [9.17, 15) is 0 Å². The minimum absolute atomic E-state index is 0.0755. The molecule has 96 valence electrons. The highest BCUT2D eigenvalue weighted by Gasteiger charge is 2.07. The molecule has 0 aliphatic rings. The van der Waals surface area contributed by atoms with Crippen LogP contribution in [0.4, 0.5) is 0 Å². The third-order valence-electron chi connectivity index (χ3n) is 2.67. The number of ether oxygens (including phenoxy) is 1. The van der Waals surface area contributed by atoms with Crippen LogP contribution in [0, 0.1) is 11.3 Å². The molecule has 0 spiro atoms. The molecule has 0 aliphatic heterocycles. The maximum atomic E-state index is 8.83. The number of halogens is 1. The van der Waals surface area contributed by atoms with E-state index in [0.717, 1.165) is 5.56 Å². The Labute approximate surface area is 117 Å². The van der Waals surface area contributed by atoms with Crippen LogP contribution in [0.2, 0.25) is 5.02 Å². The fraction of sp³-hybridized carbons (Fsp3) is 0.133. The van der Waals surface area contributed by atoms with Crippen LogP contribution >= 0.6 is 11.6 Å². The monoisotopic (exact) mass is 272 g/mol. The van der Waals surface area contributed by atoms with Gasteiger partial charge in [0, 0.05) is 6.04 Å². The average Bonchev–Trinajstić information content (AvgIpc) is 2.41. The van der Waals surface area contributed by atoms with Gasteiger partial charge in [0.25, 0.3) is 0 Å². The van der Waals surface area contributed by atoms with E-state index in [1.807, 2.05) is 13.0 Å². The number of hydrogen-bond donors (Lipinski definition) is 1. The molecule has 0 amide bonds. The maximum absolute atomic E-state index is 8.83. The van der Waals surface area contributed by atoms with E-state index < -0.39 is 0 Å². The summed E-state index contributed by atoms with van der Waals surface area (Å²) in [6, 6.07) is 14.3. The van der Waals surface area contributed by atoms with Gasteiger partial charge in [0.2, 0.25) is 0 Å². The quantitative estimate of drug-likeness (QED) is 0.918. The van der Waals surface area contributed by atoms with Gasteiger partial charge in [-0.2, -0.15) is 5.26 Å². The molecule has 2 N–H and O–H groups in total. The zero-order valence-corrected chi connectivity index (χ0v) is 11.2. The van der Waals surface area contributed by atoms with Crippen LogP contribution in [0.15, 0.2) is 42.5 Å². The molecule has 2 rings (SSSR count). The summed E-state index contributed by atoms with van der Waals surface area (Å²) in [6.45, 7) is 1.89. The molecule has 2 aromatic carbocycles. The summed E-state index contributed by atoms with van der Waals surface area (Å²) in [5.41, 5.74) is 7.28. The van der Waals surface area contributed by atoms with Gasteiger partial charge >= 0.3 is 0 Å².